The van der Waals surface area contributed by atoms with Gasteiger partial charge in [-0.25, -0.2) is 4.39 Å². The van der Waals surface area contributed by atoms with Crippen LogP contribution in [0.25, 0.3) is 0 Å². The van der Waals surface area contributed by atoms with Crippen LogP contribution in [0.1, 0.15) is 10.4 Å². The minimum Gasteiger partial charge on any atom is -0.496 e. The van der Waals surface area contributed by atoms with Crippen LogP contribution in [0.2, 0.25) is 5.02 Å². The molecule has 6 heteroatoms. The van der Waals surface area contributed by atoms with Gasteiger partial charge in [0.05, 0.1) is 18.4 Å². The number of nitrogens with one attached hydrogen (secondary N) is 1. The first-order chi connectivity index (χ1) is 9.51. The van der Waals surface area contributed by atoms with Crippen molar-refractivity contribution in [1.29, 1.82) is 0 Å². The van der Waals surface area contributed by atoms with Crippen LogP contribution in [0.5, 0.6) is 5.75 Å². The molecule has 2 aromatic rings. The molecule has 0 spiro atoms. The minimum atomic E-state index is -0.443. The fourth-order valence-electron chi connectivity index (χ4n) is 1.64. The maximum atomic E-state index is 13.2. The quantitative estimate of drug-likeness (QED) is 0.877. The molecule has 1 amide bonds. The molecule has 104 valence electrons. The fourth-order valence-corrected chi connectivity index (χ4v) is 2.16. The number of carbonyl (C=O) groups is 1. The molecule has 3 nitrogen and oxygen atoms in total. The molecule has 0 unspecified atom stereocenters. The largest absolute Gasteiger partial charge is 0.496 e. The molecule has 0 bridgehead atoms. The van der Waals surface area contributed by atoms with Crippen molar-refractivity contribution in [2.45, 2.75) is 0 Å². The third-order valence-corrected chi connectivity index (χ3v) is 3.51. The Morgan fingerprint density at radius 3 is 2.75 bits per heavy atom. The lowest BCUT2D eigenvalue weighted by Gasteiger charge is -2.11. The number of hydrogen-bond acceptors (Lipinski definition) is 2. The Morgan fingerprint density at radius 2 is 2.05 bits per heavy atom. The van der Waals surface area contributed by atoms with Gasteiger partial charge in [-0.3, -0.25) is 4.79 Å². The molecule has 0 aliphatic rings. The molecule has 0 aliphatic carbocycles. The third kappa shape index (κ3) is 3.29. The van der Waals surface area contributed by atoms with Crippen molar-refractivity contribution in [1.82, 2.24) is 0 Å². The molecule has 0 saturated carbocycles. The molecule has 0 fully saturated rings. The zero-order valence-electron chi connectivity index (χ0n) is 10.4. The Bertz CT molecular complexity index is 664. The highest BCUT2D eigenvalue weighted by atomic mass is 79.9. The highest BCUT2D eigenvalue weighted by molar-refractivity contribution is 9.10. The Hall–Kier alpha value is -1.59. The Morgan fingerprint density at radius 1 is 1.30 bits per heavy atom. The standard InChI is InChI=1S/C14H10BrClFNO2/c1-20-13-5-2-8(16)6-10(13)14(19)18-12-7-9(17)3-4-11(12)15/h2-7H,1H3,(H,18,19). The summed E-state index contributed by atoms with van der Waals surface area (Å²) < 4.78 is 18.9. The lowest BCUT2D eigenvalue weighted by Crippen LogP contribution is -2.13. The maximum Gasteiger partial charge on any atom is 0.259 e. The van der Waals surface area contributed by atoms with Gasteiger partial charge in [-0.1, -0.05) is 11.6 Å². The van der Waals surface area contributed by atoms with Crippen LogP contribution in [-0.4, -0.2) is 13.0 Å². The SMILES string of the molecule is COc1ccc(Cl)cc1C(=O)Nc1cc(F)ccc1Br. The van der Waals surface area contributed by atoms with Crippen molar-refractivity contribution >= 4 is 39.1 Å². The Kier molecular flexibility index (Phi) is 4.62. The lowest BCUT2D eigenvalue weighted by molar-refractivity contribution is 0.102. The van der Waals surface area contributed by atoms with Gasteiger partial charge in [0.25, 0.3) is 5.91 Å². The first-order valence-corrected chi connectivity index (χ1v) is 6.78. The zero-order valence-corrected chi connectivity index (χ0v) is 12.8. The summed E-state index contributed by atoms with van der Waals surface area (Å²) in [5, 5.41) is 3.02. The van der Waals surface area contributed by atoms with Crippen molar-refractivity contribution < 1.29 is 13.9 Å². The van der Waals surface area contributed by atoms with Gasteiger partial charge in [-0.05, 0) is 52.3 Å². The number of rotatable bonds is 3. The normalized spacial score (nSPS) is 10.2. The summed E-state index contributed by atoms with van der Waals surface area (Å²) in [6.07, 6.45) is 0. The van der Waals surface area contributed by atoms with Crippen molar-refractivity contribution in [3.63, 3.8) is 0 Å². The number of methoxy groups -OCH3 is 1. The molecule has 20 heavy (non-hydrogen) atoms. The third-order valence-electron chi connectivity index (χ3n) is 2.58. The molecule has 0 heterocycles. The van der Waals surface area contributed by atoms with Crippen LogP contribution in [0.4, 0.5) is 10.1 Å². The molecule has 1 N–H and O–H groups in total. The van der Waals surface area contributed by atoms with E-state index < -0.39 is 11.7 Å². The molecule has 2 rings (SSSR count). The monoisotopic (exact) mass is 357 g/mol. The molecule has 0 saturated heterocycles. The summed E-state index contributed by atoms with van der Waals surface area (Å²) in [5.74, 6) is -0.489. The maximum absolute atomic E-state index is 13.2. The van der Waals surface area contributed by atoms with E-state index in [0.29, 0.717) is 20.9 Å². The number of ether oxygens (including phenoxy) is 1. The first-order valence-electron chi connectivity index (χ1n) is 5.61. The Balaban J connectivity index is 2.32. The smallest absolute Gasteiger partial charge is 0.259 e. The molecule has 0 aliphatic heterocycles. The van der Waals surface area contributed by atoms with E-state index in [-0.39, 0.29) is 5.56 Å². The van der Waals surface area contributed by atoms with Crippen LogP contribution in [0, 0.1) is 5.82 Å². The summed E-state index contributed by atoms with van der Waals surface area (Å²) in [6, 6.07) is 8.73. The number of anilines is 1. The van der Waals surface area contributed by atoms with E-state index in [9.17, 15) is 9.18 Å². The highest BCUT2D eigenvalue weighted by Gasteiger charge is 2.14. The summed E-state index contributed by atoms with van der Waals surface area (Å²) in [6.45, 7) is 0. The number of carbonyl (C=O) groups excluding carboxylic acids is 1. The average Bonchev–Trinajstić information content (AvgIpc) is 2.42. The summed E-state index contributed by atoms with van der Waals surface area (Å²) in [4.78, 5) is 12.2. The second-order valence-corrected chi connectivity index (χ2v) is 5.21. The van der Waals surface area contributed by atoms with Crippen molar-refractivity contribution in [3.05, 3.63) is 57.3 Å². The van der Waals surface area contributed by atoms with Gasteiger partial charge >= 0.3 is 0 Å². The van der Waals surface area contributed by atoms with Crippen LogP contribution < -0.4 is 10.1 Å². The summed E-state index contributed by atoms with van der Waals surface area (Å²) >= 11 is 9.12. The van der Waals surface area contributed by atoms with Crippen molar-refractivity contribution in [2.24, 2.45) is 0 Å². The zero-order chi connectivity index (χ0) is 14.7. The molecule has 0 atom stereocenters. The fraction of sp³-hybridized carbons (Fsp3) is 0.0714. The number of amides is 1. The summed E-state index contributed by atoms with van der Waals surface area (Å²) in [7, 11) is 1.46. The molecule has 2 aromatic carbocycles. The van der Waals surface area contributed by atoms with Crippen molar-refractivity contribution in [3.8, 4) is 5.75 Å². The van der Waals surface area contributed by atoms with E-state index in [1.807, 2.05) is 0 Å². The summed E-state index contributed by atoms with van der Waals surface area (Å²) in [5.41, 5.74) is 0.605. The van der Waals surface area contributed by atoms with Gasteiger partial charge in [-0.15, -0.1) is 0 Å². The van der Waals surface area contributed by atoms with Gasteiger partial charge < -0.3 is 10.1 Å². The molecular weight excluding hydrogens is 349 g/mol. The second-order valence-electron chi connectivity index (χ2n) is 3.92. The average molecular weight is 359 g/mol. The highest BCUT2D eigenvalue weighted by Crippen LogP contribution is 2.27. The van der Waals surface area contributed by atoms with Gasteiger partial charge in [-0.2, -0.15) is 0 Å². The predicted octanol–water partition coefficient (Wildman–Crippen LogP) is 4.50. The van der Waals surface area contributed by atoms with Gasteiger partial charge in [0.2, 0.25) is 0 Å². The number of benzene rings is 2. The van der Waals surface area contributed by atoms with E-state index in [4.69, 9.17) is 16.3 Å². The molecule has 0 aromatic heterocycles. The first kappa shape index (κ1) is 14.8. The predicted molar refractivity (Wildman–Crippen MR) is 80.1 cm³/mol. The topological polar surface area (TPSA) is 38.3 Å². The van der Waals surface area contributed by atoms with Crippen LogP contribution >= 0.6 is 27.5 Å². The van der Waals surface area contributed by atoms with Gasteiger partial charge in [0.1, 0.15) is 11.6 Å². The number of hydrogen-bond donors (Lipinski definition) is 1. The van der Waals surface area contributed by atoms with E-state index in [1.165, 1.54) is 31.4 Å². The Labute approximate surface area is 128 Å². The van der Waals surface area contributed by atoms with Crippen molar-refractivity contribution in [2.75, 3.05) is 12.4 Å². The molecule has 0 radical (unpaired) electrons. The van der Waals surface area contributed by atoms with E-state index in [0.717, 1.165) is 0 Å². The minimum absolute atomic E-state index is 0.274. The lowest BCUT2D eigenvalue weighted by atomic mass is 10.2. The second kappa shape index (κ2) is 6.24. The van der Waals surface area contributed by atoms with Crippen LogP contribution in [0.3, 0.4) is 0 Å². The van der Waals surface area contributed by atoms with Crippen LogP contribution in [-0.2, 0) is 0 Å². The van der Waals surface area contributed by atoms with Gasteiger partial charge in [0, 0.05) is 9.50 Å². The molecular formula is C14H10BrClFNO2. The number of halogens is 3. The van der Waals surface area contributed by atoms with E-state index in [1.54, 1.807) is 12.1 Å². The van der Waals surface area contributed by atoms with E-state index >= 15 is 0 Å². The van der Waals surface area contributed by atoms with E-state index in [2.05, 4.69) is 21.2 Å². The van der Waals surface area contributed by atoms with Crippen LogP contribution in [0.15, 0.2) is 40.9 Å². The van der Waals surface area contributed by atoms with Gasteiger partial charge in [0.15, 0.2) is 0 Å².